The smallest absolute Gasteiger partial charge is 0.135 e. The monoisotopic (exact) mass is 294 g/mol. The number of hydrogen-bond acceptors (Lipinski definition) is 4. The van der Waals surface area contributed by atoms with E-state index in [4.69, 9.17) is 4.42 Å². The average Bonchev–Trinajstić information content (AvgIpc) is 3.08. The van der Waals surface area contributed by atoms with Crippen molar-refractivity contribution in [1.82, 2.24) is 4.98 Å². The molecular weight excluding hydrogens is 280 g/mol. The zero-order chi connectivity index (χ0) is 14.2. The van der Waals surface area contributed by atoms with Crippen molar-refractivity contribution >= 4 is 39.0 Å². The minimum Gasteiger partial charge on any atom is -0.456 e. The van der Waals surface area contributed by atoms with Crippen molar-refractivity contribution in [1.29, 1.82) is 0 Å². The van der Waals surface area contributed by atoms with Crippen molar-refractivity contribution < 1.29 is 4.42 Å². The van der Waals surface area contributed by atoms with E-state index in [0.717, 1.165) is 39.2 Å². The molecule has 0 fully saturated rings. The van der Waals surface area contributed by atoms with E-state index in [2.05, 4.69) is 28.5 Å². The van der Waals surface area contributed by atoms with Gasteiger partial charge in [-0.2, -0.15) is 0 Å². The Labute approximate surface area is 126 Å². The van der Waals surface area contributed by atoms with Gasteiger partial charge in [-0.15, -0.1) is 11.3 Å². The molecule has 4 rings (SSSR count). The number of nitrogens with zero attached hydrogens (tertiary/aromatic N) is 1. The van der Waals surface area contributed by atoms with Crippen LogP contribution in [0, 0.1) is 6.92 Å². The number of rotatable bonds is 3. The number of fused-ring (bicyclic) bond motifs is 3. The molecule has 0 aliphatic rings. The SMILES string of the molecule is Cc1ncc(CNc2ccc3oc4ccccc4c3c2)s1. The number of benzene rings is 2. The molecule has 0 aliphatic heterocycles. The Morgan fingerprint density at radius 1 is 1.10 bits per heavy atom. The van der Waals surface area contributed by atoms with Crippen LogP contribution in [0.4, 0.5) is 5.69 Å². The maximum atomic E-state index is 5.84. The van der Waals surface area contributed by atoms with Crippen LogP contribution in [0.15, 0.2) is 53.1 Å². The summed E-state index contributed by atoms with van der Waals surface area (Å²) in [6.45, 7) is 2.82. The van der Waals surface area contributed by atoms with Crippen molar-refractivity contribution in [3.8, 4) is 0 Å². The second-order valence-electron chi connectivity index (χ2n) is 5.01. The highest BCUT2D eigenvalue weighted by atomic mass is 32.1. The van der Waals surface area contributed by atoms with E-state index in [9.17, 15) is 0 Å². The van der Waals surface area contributed by atoms with Crippen LogP contribution in [0.25, 0.3) is 21.9 Å². The number of nitrogens with one attached hydrogen (secondary N) is 1. The highest BCUT2D eigenvalue weighted by molar-refractivity contribution is 7.11. The molecule has 0 amide bonds. The molecule has 4 aromatic rings. The van der Waals surface area contributed by atoms with Crippen molar-refractivity contribution in [2.45, 2.75) is 13.5 Å². The van der Waals surface area contributed by atoms with E-state index < -0.39 is 0 Å². The van der Waals surface area contributed by atoms with Gasteiger partial charge in [0.25, 0.3) is 0 Å². The van der Waals surface area contributed by atoms with E-state index in [1.165, 1.54) is 4.88 Å². The molecule has 2 aromatic heterocycles. The van der Waals surface area contributed by atoms with Crippen LogP contribution in [-0.4, -0.2) is 4.98 Å². The molecule has 0 saturated carbocycles. The van der Waals surface area contributed by atoms with E-state index in [0.29, 0.717) is 0 Å². The van der Waals surface area contributed by atoms with Gasteiger partial charge in [0.15, 0.2) is 0 Å². The fourth-order valence-corrected chi connectivity index (χ4v) is 3.25. The maximum absolute atomic E-state index is 5.84. The van der Waals surface area contributed by atoms with Gasteiger partial charge in [0.2, 0.25) is 0 Å². The first-order valence-electron chi connectivity index (χ1n) is 6.86. The predicted octanol–water partition coefficient (Wildman–Crippen LogP) is 4.96. The van der Waals surface area contributed by atoms with Gasteiger partial charge < -0.3 is 9.73 Å². The fourth-order valence-electron chi connectivity index (χ4n) is 2.51. The third-order valence-corrected chi connectivity index (χ3v) is 4.43. The van der Waals surface area contributed by atoms with Crippen LogP contribution >= 0.6 is 11.3 Å². The number of para-hydroxylation sites is 1. The molecule has 2 aromatic carbocycles. The van der Waals surface area contributed by atoms with E-state index in [-0.39, 0.29) is 0 Å². The number of thiazole rings is 1. The number of hydrogen-bond donors (Lipinski definition) is 1. The molecule has 2 heterocycles. The molecule has 0 radical (unpaired) electrons. The minimum atomic E-state index is 0.798. The highest BCUT2D eigenvalue weighted by Crippen LogP contribution is 2.30. The zero-order valence-electron chi connectivity index (χ0n) is 11.6. The lowest BCUT2D eigenvalue weighted by Gasteiger charge is -2.04. The minimum absolute atomic E-state index is 0.798. The molecule has 0 aliphatic carbocycles. The number of aromatic nitrogens is 1. The Hall–Kier alpha value is -2.33. The van der Waals surface area contributed by atoms with Crippen LogP contribution in [0.3, 0.4) is 0 Å². The summed E-state index contributed by atoms with van der Waals surface area (Å²) in [6, 6.07) is 14.4. The summed E-state index contributed by atoms with van der Waals surface area (Å²) in [4.78, 5) is 5.52. The Morgan fingerprint density at radius 3 is 2.81 bits per heavy atom. The second kappa shape index (κ2) is 4.90. The normalized spacial score (nSPS) is 11.3. The van der Waals surface area contributed by atoms with Crippen LogP contribution < -0.4 is 5.32 Å². The van der Waals surface area contributed by atoms with Crippen molar-refractivity contribution in [3.05, 3.63) is 58.5 Å². The molecule has 4 heteroatoms. The van der Waals surface area contributed by atoms with Gasteiger partial charge in [-0.25, -0.2) is 4.98 Å². The van der Waals surface area contributed by atoms with Gasteiger partial charge >= 0.3 is 0 Å². The molecule has 0 atom stereocenters. The van der Waals surface area contributed by atoms with Crippen LogP contribution in [0.2, 0.25) is 0 Å². The molecule has 0 saturated heterocycles. The molecule has 104 valence electrons. The third kappa shape index (κ3) is 2.28. The van der Waals surface area contributed by atoms with Crippen LogP contribution in [0.1, 0.15) is 9.88 Å². The van der Waals surface area contributed by atoms with E-state index >= 15 is 0 Å². The Kier molecular flexibility index (Phi) is 2.89. The van der Waals surface area contributed by atoms with Gasteiger partial charge in [0.1, 0.15) is 11.2 Å². The standard InChI is InChI=1S/C17H14N2OS/c1-11-18-9-13(21-11)10-19-12-6-7-17-15(8-12)14-4-2-3-5-16(14)20-17/h2-9,19H,10H2,1H3. The van der Waals surface area contributed by atoms with Gasteiger partial charge in [-0.05, 0) is 31.2 Å². The highest BCUT2D eigenvalue weighted by Gasteiger charge is 2.07. The summed E-state index contributed by atoms with van der Waals surface area (Å²) in [6.07, 6.45) is 1.93. The van der Waals surface area contributed by atoms with E-state index in [1.807, 2.05) is 37.4 Å². The maximum Gasteiger partial charge on any atom is 0.135 e. The van der Waals surface area contributed by atoms with Crippen molar-refractivity contribution in [2.75, 3.05) is 5.32 Å². The molecule has 3 nitrogen and oxygen atoms in total. The number of anilines is 1. The Morgan fingerprint density at radius 2 is 1.95 bits per heavy atom. The van der Waals surface area contributed by atoms with Gasteiger partial charge in [-0.3, -0.25) is 0 Å². The number of aryl methyl sites for hydroxylation is 1. The topological polar surface area (TPSA) is 38.1 Å². The lowest BCUT2D eigenvalue weighted by Crippen LogP contribution is -1.96. The molecule has 21 heavy (non-hydrogen) atoms. The Balaban J connectivity index is 1.68. The molecular formula is C17H14N2OS. The second-order valence-corrected chi connectivity index (χ2v) is 6.33. The van der Waals surface area contributed by atoms with Gasteiger partial charge in [0.05, 0.1) is 11.6 Å². The lowest BCUT2D eigenvalue weighted by atomic mass is 10.1. The average molecular weight is 294 g/mol. The summed E-state index contributed by atoms with van der Waals surface area (Å²) in [5, 5.41) is 6.86. The number of furan rings is 1. The predicted molar refractivity (Wildman–Crippen MR) is 87.9 cm³/mol. The van der Waals surface area contributed by atoms with Gasteiger partial charge in [0, 0.05) is 27.5 Å². The van der Waals surface area contributed by atoms with Crippen molar-refractivity contribution in [3.63, 3.8) is 0 Å². The summed E-state index contributed by atoms with van der Waals surface area (Å²) < 4.78 is 5.84. The fraction of sp³-hybridized carbons (Fsp3) is 0.118. The third-order valence-electron chi connectivity index (χ3n) is 3.51. The molecule has 0 spiro atoms. The van der Waals surface area contributed by atoms with Gasteiger partial charge in [-0.1, -0.05) is 18.2 Å². The first-order valence-corrected chi connectivity index (χ1v) is 7.68. The first kappa shape index (κ1) is 12.4. The summed E-state index contributed by atoms with van der Waals surface area (Å²) in [5.41, 5.74) is 2.96. The van der Waals surface area contributed by atoms with Crippen LogP contribution in [0.5, 0.6) is 0 Å². The first-order chi connectivity index (χ1) is 10.3. The largest absolute Gasteiger partial charge is 0.456 e. The quantitative estimate of drug-likeness (QED) is 0.580. The Bertz CT molecular complexity index is 923. The summed E-state index contributed by atoms with van der Waals surface area (Å²) in [5.74, 6) is 0. The lowest BCUT2D eigenvalue weighted by molar-refractivity contribution is 0.669. The summed E-state index contributed by atoms with van der Waals surface area (Å²) >= 11 is 1.72. The zero-order valence-corrected chi connectivity index (χ0v) is 12.4. The molecule has 1 N–H and O–H groups in total. The van der Waals surface area contributed by atoms with Crippen molar-refractivity contribution in [2.24, 2.45) is 0 Å². The summed E-state index contributed by atoms with van der Waals surface area (Å²) in [7, 11) is 0. The van der Waals surface area contributed by atoms with E-state index in [1.54, 1.807) is 11.3 Å². The molecule has 0 bridgehead atoms. The molecule has 0 unspecified atom stereocenters. The van der Waals surface area contributed by atoms with Crippen LogP contribution in [-0.2, 0) is 6.54 Å².